The minimum atomic E-state index is -1.19. The van der Waals surface area contributed by atoms with Crippen molar-refractivity contribution in [3.63, 3.8) is 0 Å². The SMILES string of the molecule is NC(=O)[C@H]1C(=O)CCN1C(=O)OCc1ccccc1. The Morgan fingerprint density at radius 2 is 2.00 bits per heavy atom. The third kappa shape index (κ3) is 2.90. The van der Waals surface area contributed by atoms with Gasteiger partial charge in [0.25, 0.3) is 0 Å². The first kappa shape index (κ1) is 13.1. The van der Waals surface area contributed by atoms with Gasteiger partial charge in [-0.2, -0.15) is 0 Å². The summed E-state index contributed by atoms with van der Waals surface area (Å²) in [5.41, 5.74) is 5.94. The molecule has 0 radical (unpaired) electrons. The summed E-state index contributed by atoms with van der Waals surface area (Å²) in [4.78, 5) is 35.5. The molecule has 100 valence electrons. The Bertz CT molecular complexity index is 501. The number of rotatable bonds is 3. The van der Waals surface area contributed by atoms with E-state index in [1.54, 1.807) is 0 Å². The monoisotopic (exact) mass is 262 g/mol. The van der Waals surface area contributed by atoms with E-state index in [0.29, 0.717) is 0 Å². The third-order valence-corrected chi connectivity index (χ3v) is 2.92. The van der Waals surface area contributed by atoms with E-state index in [1.165, 1.54) is 0 Å². The standard InChI is InChI=1S/C13H14N2O4/c14-12(17)11-10(16)6-7-15(11)13(18)19-8-9-4-2-1-3-5-9/h1-5,11H,6-8H2,(H2,14,17)/t11-/m1/s1. The smallest absolute Gasteiger partial charge is 0.411 e. The molecular formula is C13H14N2O4. The van der Waals surface area contributed by atoms with E-state index in [2.05, 4.69) is 0 Å². The Morgan fingerprint density at radius 3 is 2.63 bits per heavy atom. The molecule has 2 rings (SSSR count). The molecule has 0 aromatic heterocycles. The van der Waals surface area contributed by atoms with Gasteiger partial charge in [0.05, 0.1) is 0 Å². The van der Waals surface area contributed by atoms with Gasteiger partial charge in [-0.25, -0.2) is 4.79 Å². The van der Waals surface area contributed by atoms with Crippen molar-refractivity contribution in [3.8, 4) is 0 Å². The highest BCUT2D eigenvalue weighted by atomic mass is 16.6. The summed E-state index contributed by atoms with van der Waals surface area (Å²) in [6.07, 6.45) is -0.563. The normalized spacial score (nSPS) is 18.4. The lowest BCUT2D eigenvalue weighted by Gasteiger charge is -2.20. The van der Waals surface area contributed by atoms with Crippen LogP contribution in [0.15, 0.2) is 30.3 Å². The first-order valence-corrected chi connectivity index (χ1v) is 5.89. The van der Waals surface area contributed by atoms with Gasteiger partial charge in [-0.3, -0.25) is 14.5 Å². The molecular weight excluding hydrogens is 248 g/mol. The summed E-state index contributed by atoms with van der Waals surface area (Å²) < 4.78 is 5.07. The van der Waals surface area contributed by atoms with Crippen LogP contribution in [0, 0.1) is 0 Å². The van der Waals surface area contributed by atoms with E-state index in [9.17, 15) is 14.4 Å². The van der Waals surface area contributed by atoms with Gasteiger partial charge < -0.3 is 10.5 Å². The maximum absolute atomic E-state index is 11.8. The Balaban J connectivity index is 1.96. The van der Waals surface area contributed by atoms with E-state index in [0.717, 1.165) is 10.5 Å². The molecule has 6 nitrogen and oxygen atoms in total. The lowest BCUT2D eigenvalue weighted by atomic mass is 10.2. The fourth-order valence-corrected chi connectivity index (χ4v) is 1.98. The van der Waals surface area contributed by atoms with Crippen LogP contribution < -0.4 is 5.73 Å². The van der Waals surface area contributed by atoms with Crippen molar-refractivity contribution in [1.29, 1.82) is 0 Å². The molecule has 0 aliphatic carbocycles. The second-order valence-corrected chi connectivity index (χ2v) is 4.25. The molecule has 1 fully saturated rings. The van der Waals surface area contributed by atoms with Gasteiger partial charge >= 0.3 is 6.09 Å². The average molecular weight is 262 g/mol. The highest BCUT2D eigenvalue weighted by Gasteiger charge is 2.40. The Kier molecular flexibility index (Phi) is 3.79. The summed E-state index contributed by atoms with van der Waals surface area (Å²) in [6, 6.07) is 7.95. The first-order valence-electron chi connectivity index (χ1n) is 5.89. The molecule has 0 bridgehead atoms. The highest BCUT2D eigenvalue weighted by molar-refractivity contribution is 6.08. The number of likely N-dealkylation sites (tertiary alicyclic amines) is 1. The van der Waals surface area contributed by atoms with Gasteiger partial charge in [-0.05, 0) is 5.56 Å². The predicted octanol–water partition coefficient (Wildman–Crippen LogP) is 0.452. The maximum atomic E-state index is 11.8. The van der Waals surface area contributed by atoms with Gasteiger partial charge in [0.1, 0.15) is 6.61 Å². The topological polar surface area (TPSA) is 89.7 Å². The number of hydrogen-bond acceptors (Lipinski definition) is 4. The van der Waals surface area contributed by atoms with Crippen LogP contribution in [0.4, 0.5) is 4.79 Å². The van der Waals surface area contributed by atoms with E-state index < -0.39 is 18.0 Å². The lowest BCUT2D eigenvalue weighted by Crippen LogP contribution is -2.46. The molecule has 1 aliphatic rings. The first-order chi connectivity index (χ1) is 9.09. The zero-order valence-corrected chi connectivity index (χ0v) is 10.2. The molecule has 19 heavy (non-hydrogen) atoms. The minimum Gasteiger partial charge on any atom is -0.445 e. The van der Waals surface area contributed by atoms with E-state index >= 15 is 0 Å². The van der Waals surface area contributed by atoms with Crippen LogP contribution in [0.2, 0.25) is 0 Å². The number of amides is 2. The van der Waals surface area contributed by atoms with E-state index in [1.807, 2.05) is 30.3 Å². The van der Waals surface area contributed by atoms with Crippen LogP contribution >= 0.6 is 0 Å². The fraction of sp³-hybridized carbons (Fsp3) is 0.308. The number of primary amides is 1. The minimum absolute atomic E-state index is 0.0931. The Morgan fingerprint density at radius 1 is 1.32 bits per heavy atom. The molecule has 1 heterocycles. The predicted molar refractivity (Wildman–Crippen MR) is 65.9 cm³/mol. The Hall–Kier alpha value is -2.37. The van der Waals surface area contributed by atoms with Crippen molar-refractivity contribution < 1.29 is 19.1 Å². The van der Waals surface area contributed by atoms with Crippen molar-refractivity contribution in [2.24, 2.45) is 5.73 Å². The van der Waals surface area contributed by atoms with Crippen molar-refractivity contribution in [1.82, 2.24) is 4.90 Å². The molecule has 1 aromatic rings. The summed E-state index contributed by atoms with van der Waals surface area (Å²) in [5, 5.41) is 0. The molecule has 1 aromatic carbocycles. The number of carbonyl (C=O) groups excluding carboxylic acids is 3. The quantitative estimate of drug-likeness (QED) is 0.801. The molecule has 2 amide bonds. The van der Waals surface area contributed by atoms with Crippen molar-refractivity contribution in [2.45, 2.75) is 19.1 Å². The van der Waals surface area contributed by atoms with E-state index in [4.69, 9.17) is 10.5 Å². The number of ether oxygens (including phenoxy) is 1. The van der Waals surface area contributed by atoms with Crippen molar-refractivity contribution >= 4 is 17.8 Å². The largest absolute Gasteiger partial charge is 0.445 e. The summed E-state index contributed by atoms with van der Waals surface area (Å²) >= 11 is 0. The summed E-state index contributed by atoms with van der Waals surface area (Å²) in [5.74, 6) is -1.16. The van der Waals surface area contributed by atoms with Gasteiger partial charge in [0.2, 0.25) is 5.91 Å². The van der Waals surface area contributed by atoms with Crippen LogP contribution in [-0.2, 0) is 20.9 Å². The number of benzene rings is 1. The molecule has 0 spiro atoms. The lowest BCUT2D eigenvalue weighted by molar-refractivity contribution is -0.129. The average Bonchev–Trinajstić information content (AvgIpc) is 2.79. The third-order valence-electron chi connectivity index (χ3n) is 2.92. The fourth-order valence-electron chi connectivity index (χ4n) is 1.98. The van der Waals surface area contributed by atoms with Crippen LogP contribution in [0.25, 0.3) is 0 Å². The van der Waals surface area contributed by atoms with E-state index in [-0.39, 0.29) is 25.4 Å². The molecule has 1 saturated heterocycles. The molecule has 0 unspecified atom stereocenters. The molecule has 1 atom stereocenters. The molecule has 2 N–H and O–H groups in total. The van der Waals surface area contributed by atoms with Crippen LogP contribution in [0.5, 0.6) is 0 Å². The molecule has 1 aliphatic heterocycles. The van der Waals surface area contributed by atoms with Gasteiger partial charge in [0.15, 0.2) is 11.8 Å². The number of Topliss-reactive ketones (excluding diaryl/α,β-unsaturated/α-hetero) is 1. The number of hydrogen-bond donors (Lipinski definition) is 1. The number of ketones is 1. The second kappa shape index (κ2) is 5.51. The number of carbonyl (C=O) groups is 3. The summed E-state index contributed by atoms with van der Waals surface area (Å²) in [6.45, 7) is 0.260. The zero-order chi connectivity index (χ0) is 13.8. The number of nitrogens with zero attached hydrogens (tertiary/aromatic N) is 1. The summed E-state index contributed by atoms with van der Waals surface area (Å²) in [7, 11) is 0. The van der Waals surface area contributed by atoms with Crippen molar-refractivity contribution in [3.05, 3.63) is 35.9 Å². The van der Waals surface area contributed by atoms with Gasteiger partial charge in [0, 0.05) is 13.0 Å². The number of nitrogens with two attached hydrogens (primary N) is 1. The van der Waals surface area contributed by atoms with Gasteiger partial charge in [-0.15, -0.1) is 0 Å². The van der Waals surface area contributed by atoms with Crippen LogP contribution in [0.1, 0.15) is 12.0 Å². The van der Waals surface area contributed by atoms with Crippen LogP contribution in [-0.4, -0.2) is 35.3 Å². The maximum Gasteiger partial charge on any atom is 0.411 e. The van der Waals surface area contributed by atoms with Crippen LogP contribution in [0.3, 0.4) is 0 Å². The Labute approximate surface area is 110 Å². The highest BCUT2D eigenvalue weighted by Crippen LogP contribution is 2.15. The zero-order valence-electron chi connectivity index (χ0n) is 10.2. The van der Waals surface area contributed by atoms with Gasteiger partial charge in [-0.1, -0.05) is 30.3 Å². The second-order valence-electron chi connectivity index (χ2n) is 4.25. The van der Waals surface area contributed by atoms with Crippen molar-refractivity contribution in [2.75, 3.05) is 6.54 Å². The molecule has 6 heteroatoms. The molecule has 0 saturated carbocycles.